The zero-order valence-electron chi connectivity index (χ0n) is 11.2. The van der Waals surface area contributed by atoms with Crippen LogP contribution in [0.1, 0.15) is 28.8 Å². The fourth-order valence-corrected chi connectivity index (χ4v) is 2.14. The summed E-state index contributed by atoms with van der Waals surface area (Å²) in [6.07, 6.45) is -1.92. The van der Waals surface area contributed by atoms with E-state index in [-0.39, 0.29) is 24.9 Å². The molecule has 0 saturated heterocycles. The van der Waals surface area contributed by atoms with Crippen LogP contribution < -0.4 is 10.6 Å². The highest BCUT2D eigenvalue weighted by molar-refractivity contribution is 6.00. The number of carbonyl (C=O) groups excluding carboxylic acids is 2. The maximum absolute atomic E-state index is 12.1. The lowest BCUT2D eigenvalue weighted by atomic mass is 9.90. The number of benzene rings is 1. The molecule has 0 spiro atoms. The Morgan fingerprint density at radius 1 is 1.45 bits per heavy atom. The molecular formula is C14H18N2O4. The maximum Gasteiger partial charge on any atom is 0.251 e. The lowest BCUT2D eigenvalue weighted by Gasteiger charge is -2.25. The molecule has 1 aromatic carbocycles. The molecule has 0 radical (unpaired) electrons. The Balaban J connectivity index is 2.08. The average Bonchev–Trinajstić information content (AvgIpc) is 2.45. The molecule has 3 atom stereocenters. The van der Waals surface area contributed by atoms with Crippen LogP contribution in [0.4, 0.5) is 0 Å². The standard InChI is InChI=1S/C14H18N2O4/c1-8(17)12(18)7-16-14(20)11-6-15-13(19)10-5-3-2-4-9(10)11/h2-5,8,11-12,17-18H,6-7H2,1H3,(H,15,19)(H,16,20). The second-order valence-electron chi connectivity index (χ2n) is 4.90. The van der Waals surface area contributed by atoms with Crippen molar-refractivity contribution in [3.05, 3.63) is 35.4 Å². The molecule has 0 bridgehead atoms. The minimum absolute atomic E-state index is 0.0247. The van der Waals surface area contributed by atoms with E-state index in [1.165, 1.54) is 6.92 Å². The topological polar surface area (TPSA) is 98.7 Å². The minimum Gasteiger partial charge on any atom is -0.391 e. The van der Waals surface area contributed by atoms with Crippen molar-refractivity contribution in [1.29, 1.82) is 0 Å². The zero-order chi connectivity index (χ0) is 14.7. The summed E-state index contributed by atoms with van der Waals surface area (Å²) in [6.45, 7) is 1.66. The number of rotatable bonds is 4. The summed E-state index contributed by atoms with van der Waals surface area (Å²) in [5.74, 6) is -0.948. The van der Waals surface area contributed by atoms with E-state index in [1.807, 2.05) is 0 Å². The molecule has 1 aliphatic heterocycles. The van der Waals surface area contributed by atoms with Crippen LogP contribution in [0.5, 0.6) is 0 Å². The number of amides is 2. The van der Waals surface area contributed by atoms with Gasteiger partial charge in [0.1, 0.15) is 0 Å². The first-order valence-electron chi connectivity index (χ1n) is 6.51. The molecule has 2 rings (SSSR count). The van der Waals surface area contributed by atoms with Crippen LogP contribution in [0.3, 0.4) is 0 Å². The fraction of sp³-hybridized carbons (Fsp3) is 0.429. The van der Waals surface area contributed by atoms with E-state index >= 15 is 0 Å². The molecule has 1 aromatic rings. The summed E-state index contributed by atoms with van der Waals surface area (Å²) in [5, 5.41) is 23.9. The van der Waals surface area contributed by atoms with Crippen LogP contribution in [0, 0.1) is 0 Å². The molecule has 108 valence electrons. The Morgan fingerprint density at radius 3 is 2.85 bits per heavy atom. The maximum atomic E-state index is 12.1. The van der Waals surface area contributed by atoms with E-state index in [1.54, 1.807) is 24.3 Å². The Morgan fingerprint density at radius 2 is 2.15 bits per heavy atom. The van der Waals surface area contributed by atoms with Crippen LogP contribution in [-0.2, 0) is 4.79 Å². The molecule has 2 amide bonds. The van der Waals surface area contributed by atoms with Gasteiger partial charge in [-0.15, -0.1) is 0 Å². The van der Waals surface area contributed by atoms with Crippen LogP contribution in [-0.4, -0.2) is 47.3 Å². The highest BCUT2D eigenvalue weighted by Crippen LogP contribution is 2.23. The monoisotopic (exact) mass is 278 g/mol. The Hall–Kier alpha value is -1.92. The number of fused-ring (bicyclic) bond motifs is 1. The average molecular weight is 278 g/mol. The Kier molecular flexibility index (Phi) is 4.36. The third-order valence-electron chi connectivity index (χ3n) is 3.41. The largest absolute Gasteiger partial charge is 0.391 e. The van der Waals surface area contributed by atoms with E-state index in [4.69, 9.17) is 0 Å². The first kappa shape index (κ1) is 14.5. The number of hydrogen-bond donors (Lipinski definition) is 4. The molecule has 0 fully saturated rings. The Labute approximate surface area is 116 Å². The van der Waals surface area contributed by atoms with Gasteiger partial charge in [-0.2, -0.15) is 0 Å². The van der Waals surface area contributed by atoms with E-state index in [2.05, 4.69) is 10.6 Å². The third-order valence-corrected chi connectivity index (χ3v) is 3.41. The first-order valence-corrected chi connectivity index (χ1v) is 6.51. The van der Waals surface area contributed by atoms with Gasteiger partial charge in [0, 0.05) is 18.7 Å². The summed E-state index contributed by atoms with van der Waals surface area (Å²) in [4.78, 5) is 23.8. The van der Waals surface area contributed by atoms with Crippen LogP contribution >= 0.6 is 0 Å². The van der Waals surface area contributed by atoms with Crippen molar-refractivity contribution in [2.75, 3.05) is 13.1 Å². The summed E-state index contributed by atoms with van der Waals surface area (Å²) in [7, 11) is 0. The molecule has 1 aliphatic rings. The van der Waals surface area contributed by atoms with Gasteiger partial charge < -0.3 is 20.8 Å². The lowest BCUT2D eigenvalue weighted by Crippen LogP contribution is -2.45. The first-order chi connectivity index (χ1) is 9.50. The van der Waals surface area contributed by atoms with Crippen molar-refractivity contribution in [3.63, 3.8) is 0 Å². The van der Waals surface area contributed by atoms with E-state index in [0.717, 1.165) is 0 Å². The van der Waals surface area contributed by atoms with Crippen molar-refractivity contribution in [2.24, 2.45) is 0 Å². The normalized spacial score (nSPS) is 20.6. The van der Waals surface area contributed by atoms with Crippen LogP contribution in [0.15, 0.2) is 24.3 Å². The van der Waals surface area contributed by atoms with E-state index in [9.17, 15) is 19.8 Å². The van der Waals surface area contributed by atoms with Gasteiger partial charge in [-0.25, -0.2) is 0 Å². The zero-order valence-corrected chi connectivity index (χ0v) is 11.2. The minimum atomic E-state index is -1.01. The molecule has 3 unspecified atom stereocenters. The molecule has 6 heteroatoms. The van der Waals surface area contributed by atoms with Gasteiger partial charge >= 0.3 is 0 Å². The molecule has 20 heavy (non-hydrogen) atoms. The van der Waals surface area contributed by atoms with Gasteiger partial charge in [-0.3, -0.25) is 9.59 Å². The van der Waals surface area contributed by atoms with Crippen molar-refractivity contribution < 1.29 is 19.8 Å². The van der Waals surface area contributed by atoms with Gasteiger partial charge in [-0.05, 0) is 18.6 Å². The molecule has 0 aromatic heterocycles. The summed E-state index contributed by atoms with van der Waals surface area (Å²) in [6, 6.07) is 6.95. The van der Waals surface area contributed by atoms with Crippen molar-refractivity contribution in [2.45, 2.75) is 25.0 Å². The molecule has 1 heterocycles. The quantitative estimate of drug-likeness (QED) is 0.589. The molecule has 6 nitrogen and oxygen atoms in total. The molecule has 0 aliphatic carbocycles. The number of carbonyl (C=O) groups is 2. The van der Waals surface area contributed by atoms with Crippen molar-refractivity contribution in [3.8, 4) is 0 Å². The molecule has 4 N–H and O–H groups in total. The second-order valence-corrected chi connectivity index (χ2v) is 4.90. The fourth-order valence-electron chi connectivity index (χ4n) is 2.14. The predicted molar refractivity (Wildman–Crippen MR) is 72.2 cm³/mol. The third kappa shape index (κ3) is 2.97. The van der Waals surface area contributed by atoms with Crippen molar-refractivity contribution >= 4 is 11.8 Å². The number of nitrogens with one attached hydrogen (secondary N) is 2. The predicted octanol–water partition coefficient (Wildman–Crippen LogP) is -0.628. The summed E-state index contributed by atoms with van der Waals surface area (Å²) < 4.78 is 0. The van der Waals surface area contributed by atoms with Crippen LogP contribution in [0.25, 0.3) is 0 Å². The highest BCUT2D eigenvalue weighted by Gasteiger charge is 2.30. The summed E-state index contributed by atoms with van der Waals surface area (Å²) >= 11 is 0. The highest BCUT2D eigenvalue weighted by atomic mass is 16.3. The molecule has 0 saturated carbocycles. The number of hydrogen-bond acceptors (Lipinski definition) is 4. The SMILES string of the molecule is CC(O)C(O)CNC(=O)C1CNC(=O)c2ccccc21. The molecular weight excluding hydrogens is 260 g/mol. The van der Waals surface area contributed by atoms with Gasteiger partial charge in [0.2, 0.25) is 5.91 Å². The van der Waals surface area contributed by atoms with Gasteiger partial charge in [-0.1, -0.05) is 18.2 Å². The van der Waals surface area contributed by atoms with Gasteiger partial charge in [0.25, 0.3) is 5.91 Å². The lowest BCUT2D eigenvalue weighted by molar-refractivity contribution is -0.123. The summed E-state index contributed by atoms with van der Waals surface area (Å²) in [5.41, 5.74) is 1.18. The van der Waals surface area contributed by atoms with E-state index < -0.39 is 18.1 Å². The Bertz CT molecular complexity index is 516. The number of aliphatic hydroxyl groups excluding tert-OH is 2. The van der Waals surface area contributed by atoms with Crippen molar-refractivity contribution in [1.82, 2.24) is 10.6 Å². The smallest absolute Gasteiger partial charge is 0.251 e. The van der Waals surface area contributed by atoms with Gasteiger partial charge in [0.05, 0.1) is 18.1 Å². The van der Waals surface area contributed by atoms with E-state index in [0.29, 0.717) is 11.1 Å². The second kappa shape index (κ2) is 6.02. The number of aliphatic hydroxyl groups is 2. The van der Waals surface area contributed by atoms with Crippen LogP contribution in [0.2, 0.25) is 0 Å². The van der Waals surface area contributed by atoms with Gasteiger partial charge in [0.15, 0.2) is 0 Å².